The second kappa shape index (κ2) is 6.36. The van der Waals surface area contributed by atoms with Crippen molar-refractivity contribution in [3.63, 3.8) is 0 Å². The van der Waals surface area contributed by atoms with E-state index in [9.17, 15) is 8.42 Å². The van der Waals surface area contributed by atoms with Gasteiger partial charge in [-0.05, 0) is 43.0 Å². The van der Waals surface area contributed by atoms with Crippen LogP contribution >= 0.6 is 0 Å². The van der Waals surface area contributed by atoms with E-state index in [-0.39, 0.29) is 6.61 Å². The third-order valence-electron chi connectivity index (χ3n) is 3.10. The Morgan fingerprint density at radius 3 is 2.89 bits per heavy atom. The van der Waals surface area contributed by atoms with Crippen molar-refractivity contribution in [1.29, 1.82) is 0 Å². The first kappa shape index (κ1) is 14.3. The Balaban J connectivity index is 1.95. The fourth-order valence-electron chi connectivity index (χ4n) is 2.03. The lowest BCUT2D eigenvalue weighted by Crippen LogP contribution is -2.24. The highest BCUT2D eigenvalue weighted by molar-refractivity contribution is 7.89. The molecule has 0 atom stereocenters. The molecule has 1 aromatic rings. The standard InChI is InChI=1S/C13H19NO4S/c15-8-3-1-2-7-14-19(16,17)12-4-5-13-11(10-12)6-9-18-13/h4-5,10,14-15H,1-3,6-9H2. The van der Waals surface area contributed by atoms with Crippen molar-refractivity contribution in [2.45, 2.75) is 30.6 Å². The Labute approximate surface area is 113 Å². The molecule has 1 aliphatic heterocycles. The van der Waals surface area contributed by atoms with Gasteiger partial charge in [0.25, 0.3) is 0 Å². The minimum atomic E-state index is -3.44. The SMILES string of the molecule is O=S(=O)(NCCCCCO)c1ccc2c(c1)CCO2. The largest absolute Gasteiger partial charge is 0.493 e. The summed E-state index contributed by atoms with van der Waals surface area (Å²) in [6, 6.07) is 4.96. The maximum atomic E-state index is 12.1. The lowest BCUT2D eigenvalue weighted by atomic mass is 10.2. The second-order valence-corrected chi connectivity index (χ2v) is 6.32. The van der Waals surface area contributed by atoms with Crippen LogP contribution in [-0.4, -0.2) is 33.3 Å². The highest BCUT2D eigenvalue weighted by Crippen LogP contribution is 2.27. The molecule has 5 nitrogen and oxygen atoms in total. The van der Waals surface area contributed by atoms with E-state index in [2.05, 4.69) is 4.72 Å². The summed E-state index contributed by atoms with van der Waals surface area (Å²) in [6.45, 7) is 1.17. The van der Waals surface area contributed by atoms with Crippen molar-refractivity contribution in [1.82, 2.24) is 4.72 Å². The maximum Gasteiger partial charge on any atom is 0.240 e. The predicted molar refractivity (Wildman–Crippen MR) is 71.8 cm³/mol. The molecule has 0 saturated carbocycles. The number of unbranched alkanes of at least 4 members (excludes halogenated alkanes) is 2. The van der Waals surface area contributed by atoms with E-state index in [0.717, 1.165) is 30.6 Å². The number of hydrogen-bond donors (Lipinski definition) is 2. The molecule has 0 bridgehead atoms. The van der Waals surface area contributed by atoms with Gasteiger partial charge >= 0.3 is 0 Å². The summed E-state index contributed by atoms with van der Waals surface area (Å²) < 4.78 is 32.1. The Kier molecular flexibility index (Phi) is 4.79. The lowest BCUT2D eigenvalue weighted by molar-refractivity contribution is 0.283. The zero-order chi connectivity index (χ0) is 13.7. The molecule has 6 heteroatoms. The molecule has 106 valence electrons. The molecule has 0 amide bonds. The first-order valence-corrected chi connectivity index (χ1v) is 7.98. The molecular weight excluding hydrogens is 266 g/mol. The van der Waals surface area contributed by atoms with E-state index < -0.39 is 10.0 Å². The topological polar surface area (TPSA) is 75.6 Å². The van der Waals surface area contributed by atoms with Crippen LogP contribution in [-0.2, 0) is 16.4 Å². The first-order chi connectivity index (χ1) is 9.13. The van der Waals surface area contributed by atoms with Crippen molar-refractivity contribution in [2.24, 2.45) is 0 Å². The number of sulfonamides is 1. The Morgan fingerprint density at radius 1 is 1.26 bits per heavy atom. The van der Waals surface area contributed by atoms with Crippen LogP contribution < -0.4 is 9.46 Å². The number of ether oxygens (including phenoxy) is 1. The average molecular weight is 285 g/mol. The molecule has 2 rings (SSSR count). The van der Waals surface area contributed by atoms with E-state index in [1.54, 1.807) is 18.2 Å². The van der Waals surface area contributed by atoms with Gasteiger partial charge in [-0.1, -0.05) is 0 Å². The molecule has 1 heterocycles. The molecule has 0 fully saturated rings. The van der Waals surface area contributed by atoms with Gasteiger partial charge in [0.2, 0.25) is 10.0 Å². The Hall–Kier alpha value is -1.11. The van der Waals surface area contributed by atoms with E-state index in [0.29, 0.717) is 24.5 Å². The van der Waals surface area contributed by atoms with Crippen LogP contribution in [0.4, 0.5) is 0 Å². The molecule has 0 radical (unpaired) electrons. The van der Waals surface area contributed by atoms with Crippen LogP contribution in [0.2, 0.25) is 0 Å². The van der Waals surface area contributed by atoms with Gasteiger partial charge in [-0.15, -0.1) is 0 Å². The normalized spacial score (nSPS) is 14.2. The molecule has 0 spiro atoms. The summed E-state index contributed by atoms with van der Waals surface area (Å²) in [5.74, 6) is 0.780. The number of aliphatic hydroxyl groups excluding tert-OH is 1. The van der Waals surface area contributed by atoms with Gasteiger partial charge < -0.3 is 9.84 Å². The van der Waals surface area contributed by atoms with Gasteiger partial charge in [-0.2, -0.15) is 0 Å². The van der Waals surface area contributed by atoms with Crippen molar-refractivity contribution < 1.29 is 18.3 Å². The number of fused-ring (bicyclic) bond motifs is 1. The summed E-state index contributed by atoms with van der Waals surface area (Å²) in [7, 11) is -3.44. The van der Waals surface area contributed by atoms with Gasteiger partial charge in [0.05, 0.1) is 11.5 Å². The quantitative estimate of drug-likeness (QED) is 0.735. The van der Waals surface area contributed by atoms with Crippen molar-refractivity contribution in [3.05, 3.63) is 23.8 Å². The van der Waals surface area contributed by atoms with Crippen molar-refractivity contribution in [2.75, 3.05) is 19.8 Å². The Bertz CT molecular complexity index is 527. The van der Waals surface area contributed by atoms with Crippen molar-refractivity contribution >= 4 is 10.0 Å². The molecule has 0 saturated heterocycles. The van der Waals surface area contributed by atoms with Gasteiger partial charge in [0, 0.05) is 19.6 Å². The van der Waals surface area contributed by atoms with E-state index in [1.165, 1.54) is 0 Å². The summed E-state index contributed by atoms with van der Waals surface area (Å²) in [5, 5.41) is 8.64. The van der Waals surface area contributed by atoms with Crippen LogP contribution in [0.1, 0.15) is 24.8 Å². The number of hydrogen-bond acceptors (Lipinski definition) is 4. The summed E-state index contributed by atoms with van der Waals surface area (Å²) in [4.78, 5) is 0.291. The van der Waals surface area contributed by atoms with Gasteiger partial charge in [0.15, 0.2) is 0 Å². The van der Waals surface area contributed by atoms with Crippen molar-refractivity contribution in [3.8, 4) is 5.75 Å². The first-order valence-electron chi connectivity index (χ1n) is 6.50. The highest BCUT2D eigenvalue weighted by atomic mass is 32.2. The third kappa shape index (κ3) is 3.68. The maximum absolute atomic E-state index is 12.1. The molecule has 0 aliphatic carbocycles. The zero-order valence-electron chi connectivity index (χ0n) is 10.8. The number of aliphatic hydroxyl groups is 1. The predicted octanol–water partition coefficient (Wildman–Crippen LogP) is 1.06. The van der Waals surface area contributed by atoms with Gasteiger partial charge in [0.1, 0.15) is 5.75 Å². The third-order valence-corrected chi connectivity index (χ3v) is 4.56. The Morgan fingerprint density at radius 2 is 2.11 bits per heavy atom. The van der Waals surface area contributed by atoms with Crippen LogP contribution in [0.3, 0.4) is 0 Å². The summed E-state index contributed by atoms with van der Waals surface area (Å²) in [6.07, 6.45) is 3.01. The fourth-order valence-corrected chi connectivity index (χ4v) is 3.16. The van der Waals surface area contributed by atoms with E-state index >= 15 is 0 Å². The van der Waals surface area contributed by atoms with Crippen LogP contribution in [0.15, 0.2) is 23.1 Å². The smallest absolute Gasteiger partial charge is 0.240 e. The fraction of sp³-hybridized carbons (Fsp3) is 0.538. The molecule has 0 unspecified atom stereocenters. The highest BCUT2D eigenvalue weighted by Gasteiger charge is 2.18. The van der Waals surface area contributed by atoms with Crippen LogP contribution in [0.25, 0.3) is 0 Å². The average Bonchev–Trinajstić information content (AvgIpc) is 2.85. The molecule has 2 N–H and O–H groups in total. The van der Waals surface area contributed by atoms with Gasteiger partial charge in [-0.3, -0.25) is 0 Å². The molecule has 1 aliphatic rings. The molecular formula is C13H19NO4S. The summed E-state index contributed by atoms with van der Waals surface area (Å²) >= 11 is 0. The van der Waals surface area contributed by atoms with E-state index in [1.807, 2.05) is 0 Å². The molecule has 19 heavy (non-hydrogen) atoms. The minimum Gasteiger partial charge on any atom is -0.493 e. The van der Waals surface area contributed by atoms with Crippen LogP contribution in [0.5, 0.6) is 5.75 Å². The molecule has 0 aromatic heterocycles. The number of benzene rings is 1. The molecule has 1 aromatic carbocycles. The van der Waals surface area contributed by atoms with Gasteiger partial charge in [-0.25, -0.2) is 13.1 Å². The monoisotopic (exact) mass is 285 g/mol. The summed E-state index contributed by atoms with van der Waals surface area (Å²) in [5.41, 5.74) is 0.947. The van der Waals surface area contributed by atoms with E-state index in [4.69, 9.17) is 9.84 Å². The minimum absolute atomic E-state index is 0.150. The zero-order valence-corrected chi connectivity index (χ0v) is 11.6. The lowest BCUT2D eigenvalue weighted by Gasteiger charge is -2.07. The second-order valence-electron chi connectivity index (χ2n) is 4.55. The number of nitrogens with one attached hydrogen (secondary N) is 1. The number of rotatable bonds is 7. The van der Waals surface area contributed by atoms with Crippen LogP contribution in [0, 0.1) is 0 Å².